The lowest BCUT2D eigenvalue weighted by molar-refractivity contribution is -0.174. The molecule has 0 bridgehead atoms. The average molecular weight is 636 g/mol. The van der Waals surface area contributed by atoms with Gasteiger partial charge in [-0.1, -0.05) is 38.1 Å². The van der Waals surface area contributed by atoms with E-state index in [1.165, 1.54) is 40.8 Å². The van der Waals surface area contributed by atoms with Gasteiger partial charge in [0.25, 0.3) is 0 Å². The van der Waals surface area contributed by atoms with Gasteiger partial charge in [-0.05, 0) is 110 Å². The summed E-state index contributed by atoms with van der Waals surface area (Å²) in [6.45, 7) is 8.09. The van der Waals surface area contributed by atoms with Gasteiger partial charge in [0.15, 0.2) is 5.60 Å². The molecule has 4 aliphatic rings. The molecule has 7 atom stereocenters. The maximum Gasteiger partial charge on any atom is 0.351 e. The number of hydrogen-bond acceptors (Lipinski definition) is 8. The number of benzene rings is 1. The van der Waals surface area contributed by atoms with Gasteiger partial charge in [-0.2, -0.15) is 5.10 Å². The van der Waals surface area contributed by atoms with Gasteiger partial charge in [-0.25, -0.2) is 18.9 Å². The number of ether oxygens (including phenoxy) is 1. The number of carbonyl (C=O) groups excluding carboxylic acids is 2. The minimum atomic E-state index is -1.30. The Kier molecular flexibility index (Phi) is 7.21. The Bertz CT molecular complexity index is 1670. The number of aryl methyl sites for hydroxylation is 1. The molecule has 3 fully saturated rings. The Hall–Kier alpha value is -2.82. The monoisotopic (exact) mass is 635 g/mol. The van der Waals surface area contributed by atoms with Crippen molar-refractivity contribution in [3.63, 3.8) is 0 Å². The van der Waals surface area contributed by atoms with Gasteiger partial charge in [0.2, 0.25) is 5.12 Å². The zero-order valence-electron chi connectivity index (χ0n) is 25.5. The van der Waals surface area contributed by atoms with E-state index in [0.717, 1.165) is 42.6 Å². The minimum Gasteiger partial charge on any atom is -0.445 e. The molecule has 0 radical (unpaired) electrons. The van der Waals surface area contributed by atoms with E-state index in [0.29, 0.717) is 29.2 Å². The van der Waals surface area contributed by atoms with Crippen LogP contribution in [0.25, 0.3) is 11.8 Å². The van der Waals surface area contributed by atoms with Gasteiger partial charge >= 0.3 is 5.97 Å². The van der Waals surface area contributed by atoms with Gasteiger partial charge in [-0.15, -0.1) is 11.3 Å². The molecule has 0 aliphatic heterocycles. The number of thiazole rings is 1. The summed E-state index contributed by atoms with van der Waals surface area (Å²) in [4.78, 5) is 32.2. The largest absolute Gasteiger partial charge is 0.445 e. The summed E-state index contributed by atoms with van der Waals surface area (Å²) in [5.41, 5.74) is 4.24. The van der Waals surface area contributed by atoms with Crippen molar-refractivity contribution in [3.8, 4) is 5.69 Å². The second-order valence-corrected chi connectivity index (χ2v) is 15.6. The number of halogens is 1. The van der Waals surface area contributed by atoms with Crippen LogP contribution in [-0.4, -0.2) is 48.4 Å². The summed E-state index contributed by atoms with van der Waals surface area (Å²) >= 11 is 2.45. The second-order valence-electron chi connectivity index (χ2n) is 13.5. The van der Waals surface area contributed by atoms with Crippen molar-refractivity contribution in [2.45, 2.75) is 77.9 Å². The van der Waals surface area contributed by atoms with Gasteiger partial charge < -0.3 is 9.84 Å². The van der Waals surface area contributed by atoms with E-state index in [4.69, 9.17) is 4.74 Å². The first-order valence-electron chi connectivity index (χ1n) is 15.5. The van der Waals surface area contributed by atoms with E-state index < -0.39 is 23.1 Å². The molecule has 2 heterocycles. The van der Waals surface area contributed by atoms with E-state index in [-0.39, 0.29) is 34.1 Å². The molecule has 0 spiro atoms. The van der Waals surface area contributed by atoms with Crippen molar-refractivity contribution in [2.24, 2.45) is 28.6 Å². The minimum absolute atomic E-state index is 0.00654. The van der Waals surface area contributed by atoms with E-state index in [1.54, 1.807) is 24.6 Å². The molecule has 1 unspecified atom stereocenters. The van der Waals surface area contributed by atoms with E-state index >= 15 is 0 Å². The van der Waals surface area contributed by atoms with Gasteiger partial charge in [0.1, 0.15) is 10.7 Å². The molecular formula is C34H38FN3O4S2. The Labute approximate surface area is 265 Å². The smallest absolute Gasteiger partial charge is 0.351 e. The highest BCUT2D eigenvalue weighted by Gasteiger charge is 2.70. The third-order valence-electron chi connectivity index (χ3n) is 11.4. The number of aromatic nitrogens is 3. The fourth-order valence-electron chi connectivity index (χ4n) is 9.46. The SMILES string of the molecule is CCSC(=O)[C@@]1(OC(=O)c2scnc2C)CC[C@H]2[C@@H]3CCC4=Cc5c(cnn5-c5ccc(F)cc5)CC4(C)[C@H]3[C@@H](O)C[C@@]21C. The second kappa shape index (κ2) is 10.6. The van der Waals surface area contributed by atoms with Crippen LogP contribution in [0.15, 0.2) is 41.5 Å². The summed E-state index contributed by atoms with van der Waals surface area (Å²) < 4.78 is 21.9. The summed E-state index contributed by atoms with van der Waals surface area (Å²) in [5, 5.41) is 16.7. The zero-order chi connectivity index (χ0) is 31.0. The van der Waals surface area contributed by atoms with Crippen molar-refractivity contribution in [2.75, 3.05) is 5.75 Å². The first kappa shape index (κ1) is 29.9. The van der Waals surface area contributed by atoms with Crippen molar-refractivity contribution >= 4 is 40.3 Å². The molecule has 44 heavy (non-hydrogen) atoms. The standard InChI is InChI=1S/C34H38FN3O4S2/c1-5-43-31(41)34(42-30(40)29-19(2)36-18-44-29)13-12-25-24-11-6-21-14-26-20(17-37-38(26)23-9-7-22(35)8-10-23)15-32(21,3)28(24)27(39)16-33(25,34)4/h7-10,14,17-18,24-25,27-28,39H,5-6,11-13,15-16H2,1-4H3/t24-,25-,27-,28+,32?,33-,34-/m0/s1. The molecule has 0 amide bonds. The molecule has 3 aromatic rings. The number of esters is 1. The van der Waals surface area contributed by atoms with Crippen LogP contribution in [0.3, 0.4) is 0 Å². The first-order chi connectivity index (χ1) is 21.0. The highest BCUT2D eigenvalue weighted by molar-refractivity contribution is 8.13. The fraction of sp³-hybridized carbons (Fsp3) is 0.529. The van der Waals surface area contributed by atoms with Crippen LogP contribution >= 0.6 is 23.1 Å². The van der Waals surface area contributed by atoms with Crippen LogP contribution in [0.4, 0.5) is 4.39 Å². The van der Waals surface area contributed by atoms with Gasteiger partial charge in [-0.3, -0.25) is 4.79 Å². The van der Waals surface area contributed by atoms with Crippen LogP contribution in [0.2, 0.25) is 0 Å². The number of thioether (sulfide) groups is 1. The van der Waals surface area contributed by atoms with Crippen LogP contribution < -0.4 is 0 Å². The van der Waals surface area contributed by atoms with Crippen LogP contribution in [0.1, 0.15) is 79.5 Å². The lowest BCUT2D eigenvalue weighted by Gasteiger charge is -2.60. The molecule has 4 aliphatic carbocycles. The number of aliphatic hydroxyl groups is 1. The Balaban J connectivity index is 1.23. The van der Waals surface area contributed by atoms with Crippen molar-refractivity contribution in [1.82, 2.24) is 14.8 Å². The van der Waals surface area contributed by atoms with E-state index in [2.05, 4.69) is 30.0 Å². The number of nitrogens with zero attached hydrogens (tertiary/aromatic N) is 3. The molecular weight excluding hydrogens is 598 g/mol. The number of hydrogen-bond donors (Lipinski definition) is 1. The molecule has 1 N–H and O–H groups in total. The normalized spacial score (nSPS) is 33.9. The van der Waals surface area contributed by atoms with E-state index in [9.17, 15) is 19.1 Å². The number of fused-ring (bicyclic) bond motifs is 6. The number of aliphatic hydroxyl groups excluding tert-OH is 1. The summed E-state index contributed by atoms with van der Waals surface area (Å²) in [6.07, 6.45) is 7.66. The number of allylic oxidation sites excluding steroid dienone is 1. The molecule has 7 nitrogen and oxygen atoms in total. The predicted molar refractivity (Wildman–Crippen MR) is 169 cm³/mol. The molecule has 7 rings (SSSR count). The predicted octanol–water partition coefficient (Wildman–Crippen LogP) is 6.80. The molecule has 0 saturated heterocycles. The van der Waals surface area contributed by atoms with Crippen molar-refractivity contribution < 1.29 is 23.8 Å². The van der Waals surface area contributed by atoms with Crippen molar-refractivity contribution in [3.05, 3.63) is 69.2 Å². The average Bonchev–Trinajstić information content (AvgIpc) is 3.67. The highest BCUT2D eigenvalue weighted by Crippen LogP contribution is 2.69. The maximum atomic E-state index is 14.0. The van der Waals surface area contributed by atoms with Gasteiger partial charge in [0.05, 0.1) is 34.9 Å². The number of carbonyl (C=O) groups is 2. The summed E-state index contributed by atoms with van der Waals surface area (Å²) in [5.74, 6) is 0.142. The Morgan fingerprint density at radius 1 is 1.23 bits per heavy atom. The number of rotatable bonds is 5. The maximum absolute atomic E-state index is 14.0. The summed E-state index contributed by atoms with van der Waals surface area (Å²) in [7, 11) is 0. The fourth-order valence-corrected chi connectivity index (χ4v) is 11.0. The molecule has 232 valence electrons. The Morgan fingerprint density at radius 3 is 2.70 bits per heavy atom. The lowest BCUT2D eigenvalue weighted by atomic mass is 9.45. The molecule has 3 saturated carbocycles. The third-order valence-corrected chi connectivity index (χ3v) is 13.2. The molecule has 10 heteroatoms. The van der Waals surface area contributed by atoms with Crippen LogP contribution in [-0.2, 0) is 16.0 Å². The van der Waals surface area contributed by atoms with Crippen LogP contribution in [0.5, 0.6) is 0 Å². The zero-order valence-corrected chi connectivity index (χ0v) is 27.1. The lowest BCUT2D eigenvalue weighted by Crippen LogP contribution is -2.62. The third kappa shape index (κ3) is 4.23. The molecule has 2 aromatic heterocycles. The molecule has 1 aromatic carbocycles. The first-order valence-corrected chi connectivity index (χ1v) is 17.4. The van der Waals surface area contributed by atoms with E-state index in [1.807, 2.05) is 17.8 Å². The highest BCUT2D eigenvalue weighted by atomic mass is 32.2. The summed E-state index contributed by atoms with van der Waals surface area (Å²) in [6, 6.07) is 6.38. The topological polar surface area (TPSA) is 94.3 Å². The van der Waals surface area contributed by atoms with Crippen molar-refractivity contribution in [1.29, 1.82) is 0 Å². The quantitative estimate of drug-likeness (QED) is 0.308. The van der Waals surface area contributed by atoms with Gasteiger partial charge in [0, 0.05) is 5.41 Å². The Morgan fingerprint density at radius 2 is 2.00 bits per heavy atom. The van der Waals surface area contributed by atoms with Crippen LogP contribution in [0, 0.1) is 41.3 Å².